The molecule has 1 rings (SSSR count). The van der Waals surface area contributed by atoms with Crippen LogP contribution in [0.25, 0.3) is 0 Å². The third-order valence-corrected chi connectivity index (χ3v) is 3.54. The molecule has 0 bridgehead atoms. The van der Waals surface area contributed by atoms with Gasteiger partial charge in [-0.25, -0.2) is 4.68 Å². The Bertz CT molecular complexity index is 487. The van der Waals surface area contributed by atoms with Crippen LogP contribution in [0.5, 0.6) is 0 Å². The van der Waals surface area contributed by atoms with Crippen molar-refractivity contribution in [2.45, 2.75) is 6.54 Å². The van der Waals surface area contributed by atoms with Gasteiger partial charge in [-0.1, -0.05) is 6.08 Å². The first-order valence-electron chi connectivity index (χ1n) is 4.96. The van der Waals surface area contributed by atoms with Crippen LogP contribution in [0.2, 0.25) is 0 Å². The second kappa shape index (κ2) is 6.70. The SMILES string of the molecule is C=CCn1ncc(NCCS(C)=O)c(Br)c1=O. The number of hydrogen-bond acceptors (Lipinski definition) is 4. The molecule has 1 heterocycles. The van der Waals surface area contributed by atoms with Crippen LogP contribution in [-0.2, 0) is 17.3 Å². The zero-order valence-corrected chi connectivity index (χ0v) is 11.9. The van der Waals surface area contributed by atoms with Crippen LogP contribution in [0.4, 0.5) is 5.69 Å². The molecule has 1 aromatic heterocycles. The van der Waals surface area contributed by atoms with Crippen molar-refractivity contribution >= 4 is 32.4 Å². The number of hydrogen-bond donors (Lipinski definition) is 1. The highest BCUT2D eigenvalue weighted by atomic mass is 79.9. The first-order valence-corrected chi connectivity index (χ1v) is 7.48. The van der Waals surface area contributed by atoms with E-state index in [-0.39, 0.29) is 5.56 Å². The largest absolute Gasteiger partial charge is 0.382 e. The van der Waals surface area contributed by atoms with Crippen LogP contribution in [0.3, 0.4) is 0 Å². The second-order valence-electron chi connectivity index (χ2n) is 3.35. The Morgan fingerprint density at radius 3 is 3.00 bits per heavy atom. The van der Waals surface area contributed by atoms with E-state index >= 15 is 0 Å². The van der Waals surface area contributed by atoms with Gasteiger partial charge in [0.2, 0.25) is 0 Å². The summed E-state index contributed by atoms with van der Waals surface area (Å²) in [6, 6.07) is 0. The van der Waals surface area contributed by atoms with Crippen LogP contribution in [-0.4, -0.2) is 32.5 Å². The van der Waals surface area contributed by atoms with Crippen LogP contribution in [0.1, 0.15) is 0 Å². The minimum absolute atomic E-state index is 0.215. The fraction of sp³-hybridized carbons (Fsp3) is 0.400. The van der Waals surface area contributed by atoms with E-state index in [9.17, 15) is 9.00 Å². The maximum absolute atomic E-state index is 11.8. The van der Waals surface area contributed by atoms with Crippen molar-refractivity contribution in [3.05, 3.63) is 33.7 Å². The van der Waals surface area contributed by atoms with Gasteiger partial charge in [0, 0.05) is 29.4 Å². The smallest absolute Gasteiger partial charge is 0.283 e. The number of nitrogens with zero attached hydrogens (tertiary/aromatic N) is 2. The maximum atomic E-state index is 11.8. The van der Waals surface area contributed by atoms with Crippen molar-refractivity contribution in [1.29, 1.82) is 0 Å². The third kappa shape index (κ3) is 4.08. The molecule has 0 fully saturated rings. The molecular formula is C10H14BrN3O2S. The molecule has 0 aliphatic carbocycles. The highest BCUT2D eigenvalue weighted by Gasteiger charge is 2.07. The summed E-state index contributed by atoms with van der Waals surface area (Å²) in [7, 11) is -0.853. The molecule has 0 radical (unpaired) electrons. The molecule has 0 aliphatic rings. The molecule has 0 saturated heterocycles. The number of halogens is 1. The highest BCUT2D eigenvalue weighted by Crippen LogP contribution is 2.15. The minimum atomic E-state index is -0.853. The number of nitrogens with one attached hydrogen (secondary N) is 1. The molecule has 1 atom stereocenters. The summed E-state index contributed by atoms with van der Waals surface area (Å²) in [4.78, 5) is 11.8. The molecule has 0 amide bonds. The van der Waals surface area contributed by atoms with Gasteiger partial charge in [0.05, 0.1) is 18.4 Å². The molecule has 94 valence electrons. The first-order chi connectivity index (χ1) is 8.06. The Balaban J connectivity index is 2.81. The second-order valence-corrected chi connectivity index (χ2v) is 5.70. The zero-order valence-electron chi connectivity index (χ0n) is 9.48. The Labute approximate surface area is 111 Å². The Morgan fingerprint density at radius 1 is 1.71 bits per heavy atom. The molecule has 0 aliphatic heterocycles. The van der Waals surface area contributed by atoms with Crippen molar-refractivity contribution in [2.75, 3.05) is 23.9 Å². The lowest BCUT2D eigenvalue weighted by Crippen LogP contribution is -2.24. The molecule has 0 spiro atoms. The lowest BCUT2D eigenvalue weighted by molar-refractivity contribution is 0.649. The molecule has 1 aromatic rings. The van der Waals surface area contributed by atoms with Crippen LogP contribution >= 0.6 is 15.9 Å². The molecule has 7 heteroatoms. The summed E-state index contributed by atoms with van der Waals surface area (Å²) in [6.45, 7) is 4.46. The number of rotatable bonds is 6. The van der Waals surface area contributed by atoms with Crippen LogP contribution < -0.4 is 10.9 Å². The number of anilines is 1. The molecule has 1 unspecified atom stereocenters. The highest BCUT2D eigenvalue weighted by molar-refractivity contribution is 9.10. The van der Waals surface area contributed by atoms with Crippen molar-refractivity contribution < 1.29 is 4.21 Å². The van der Waals surface area contributed by atoms with Crippen molar-refractivity contribution in [2.24, 2.45) is 0 Å². The summed E-state index contributed by atoms with van der Waals surface area (Å²) < 4.78 is 12.6. The average Bonchev–Trinajstić information content (AvgIpc) is 2.28. The van der Waals surface area contributed by atoms with Gasteiger partial charge >= 0.3 is 0 Å². The van der Waals surface area contributed by atoms with Gasteiger partial charge in [-0.05, 0) is 15.9 Å². The molecule has 17 heavy (non-hydrogen) atoms. The fourth-order valence-electron chi connectivity index (χ4n) is 1.17. The first kappa shape index (κ1) is 14.1. The van der Waals surface area contributed by atoms with E-state index in [4.69, 9.17) is 0 Å². The van der Waals surface area contributed by atoms with E-state index in [0.29, 0.717) is 29.0 Å². The van der Waals surface area contributed by atoms with Crippen LogP contribution in [0.15, 0.2) is 28.1 Å². The van der Waals surface area contributed by atoms with E-state index in [1.807, 2.05) is 0 Å². The monoisotopic (exact) mass is 319 g/mol. The van der Waals surface area contributed by atoms with Crippen molar-refractivity contribution in [3.63, 3.8) is 0 Å². The van der Waals surface area contributed by atoms with E-state index in [2.05, 4.69) is 32.9 Å². The van der Waals surface area contributed by atoms with Crippen molar-refractivity contribution in [1.82, 2.24) is 9.78 Å². The maximum Gasteiger partial charge on any atom is 0.283 e. The topological polar surface area (TPSA) is 64.0 Å². The van der Waals surface area contributed by atoms with Gasteiger partial charge in [0.25, 0.3) is 5.56 Å². The van der Waals surface area contributed by atoms with E-state index in [0.717, 1.165) is 0 Å². The summed E-state index contributed by atoms with van der Waals surface area (Å²) in [5.41, 5.74) is 0.397. The van der Waals surface area contributed by atoms with E-state index in [1.165, 1.54) is 4.68 Å². The van der Waals surface area contributed by atoms with Crippen LogP contribution in [0, 0.1) is 0 Å². The molecule has 0 saturated carbocycles. The molecular weight excluding hydrogens is 306 g/mol. The Kier molecular flexibility index (Phi) is 5.57. The summed E-state index contributed by atoms with van der Waals surface area (Å²) in [5, 5.41) is 7.00. The predicted octanol–water partition coefficient (Wildman–Crippen LogP) is 0.982. The zero-order chi connectivity index (χ0) is 12.8. The lowest BCUT2D eigenvalue weighted by Gasteiger charge is -2.08. The average molecular weight is 320 g/mol. The van der Waals surface area contributed by atoms with Gasteiger partial charge in [-0.2, -0.15) is 5.10 Å². The number of allylic oxidation sites excluding steroid dienone is 1. The summed E-state index contributed by atoms with van der Waals surface area (Å²) >= 11 is 3.22. The molecule has 5 nitrogen and oxygen atoms in total. The Morgan fingerprint density at radius 2 is 2.41 bits per heavy atom. The van der Waals surface area contributed by atoms with Gasteiger partial charge in [0.1, 0.15) is 4.47 Å². The molecule has 1 N–H and O–H groups in total. The van der Waals surface area contributed by atoms with Gasteiger partial charge < -0.3 is 5.32 Å². The predicted molar refractivity (Wildman–Crippen MR) is 73.8 cm³/mol. The standard InChI is InChI=1S/C10H14BrN3O2S/c1-3-5-14-10(15)9(11)8(7-13-14)12-4-6-17(2)16/h3,7,12H,1,4-6H2,2H3. The van der Waals surface area contributed by atoms with Gasteiger partial charge in [-0.15, -0.1) is 6.58 Å². The number of aromatic nitrogens is 2. The third-order valence-electron chi connectivity index (χ3n) is 1.99. The van der Waals surface area contributed by atoms with E-state index < -0.39 is 10.8 Å². The Hall–Kier alpha value is -0.950. The molecule has 0 aromatic carbocycles. The fourth-order valence-corrected chi connectivity index (χ4v) is 2.01. The minimum Gasteiger partial charge on any atom is -0.382 e. The van der Waals surface area contributed by atoms with Crippen molar-refractivity contribution in [3.8, 4) is 0 Å². The quantitative estimate of drug-likeness (QED) is 0.794. The lowest BCUT2D eigenvalue weighted by atomic mass is 10.4. The summed E-state index contributed by atoms with van der Waals surface area (Å²) in [5.74, 6) is 0.530. The van der Waals surface area contributed by atoms with Gasteiger partial charge in [0.15, 0.2) is 0 Å². The normalized spacial score (nSPS) is 12.1. The van der Waals surface area contributed by atoms with Gasteiger partial charge in [-0.3, -0.25) is 9.00 Å². The summed E-state index contributed by atoms with van der Waals surface area (Å²) in [6.07, 6.45) is 4.80. The van der Waals surface area contributed by atoms with E-state index in [1.54, 1.807) is 18.5 Å².